The first-order chi connectivity index (χ1) is 50.1. The molecule has 616 valence electrons. The van der Waals surface area contributed by atoms with E-state index in [1.165, 1.54) is 20.8 Å². The molecule has 45 unspecified atom stereocenters. The Balaban J connectivity index is 0.791. The molecule has 22 N–H and O–H groups in total. The van der Waals surface area contributed by atoms with Crippen molar-refractivity contribution < 1.29 is 183 Å². The lowest BCUT2D eigenvalue weighted by Gasteiger charge is -2.73. The standard InChI is InChI=1S/C70H114O37/c1-23-36(79)41(84)44(87)58(96-23)102-51-31(77)21-94-57(47(51)90)101-50-25(3)98-61(49(92)53(50)104-59-45(88)42(85)37(80)24(2)97-59)105-54-38(81)30(76)20-95-63(54)107-64(93)70-13-12-65(4,5)14-27(70)26-10-11-34-66(6)15-29(75)56(67(7,22-73)55(66)28(74)16-69(34,9)68(26,8)17-35(70)78)106-62-48(91)52(40(83)33(19-72)100-62)103-60-46(89)43(86)39(82)32(18-71)99-60/h10,23-25,27-63,71-92H,11-22H2,1-9H3. The third-order valence-corrected chi connectivity index (χ3v) is 26.9. The summed E-state index contributed by atoms with van der Waals surface area (Å²) in [6.45, 7) is 12.1. The van der Waals surface area contributed by atoms with E-state index < -0.39 is 316 Å². The van der Waals surface area contributed by atoms with Gasteiger partial charge in [0, 0.05) is 11.3 Å². The van der Waals surface area contributed by atoms with Crippen LogP contribution in [0.5, 0.6) is 0 Å². The molecule has 4 saturated carbocycles. The highest BCUT2D eigenvalue weighted by Gasteiger charge is 2.75. The van der Waals surface area contributed by atoms with E-state index in [4.69, 9.17) is 66.3 Å². The van der Waals surface area contributed by atoms with Crippen molar-refractivity contribution in [3.8, 4) is 0 Å². The van der Waals surface area contributed by atoms with Crippen LogP contribution in [-0.2, 0) is 71.1 Å². The molecule has 7 heterocycles. The zero-order valence-corrected chi connectivity index (χ0v) is 61.1. The summed E-state index contributed by atoms with van der Waals surface area (Å²) in [5, 5.41) is 248. The van der Waals surface area contributed by atoms with E-state index >= 15 is 4.79 Å². The molecule has 37 nitrogen and oxygen atoms in total. The maximum Gasteiger partial charge on any atom is 0.317 e. The van der Waals surface area contributed by atoms with Crippen molar-refractivity contribution in [1.29, 1.82) is 0 Å². The van der Waals surface area contributed by atoms with Gasteiger partial charge in [-0.2, -0.15) is 0 Å². The quantitative estimate of drug-likeness (QED) is 0.0365. The first-order valence-electron chi connectivity index (χ1n) is 37.2. The highest BCUT2D eigenvalue weighted by Crippen LogP contribution is 2.76. The first kappa shape index (κ1) is 84.2. The summed E-state index contributed by atoms with van der Waals surface area (Å²) < 4.78 is 83.9. The monoisotopic (exact) mass is 1550 g/mol. The number of aliphatic hydroxyl groups is 22. The Kier molecular flexibility index (Phi) is 24.7. The molecule has 12 aliphatic rings. The highest BCUT2D eigenvalue weighted by atomic mass is 16.8. The number of hydrogen-bond donors (Lipinski definition) is 22. The normalized spacial score (nSPS) is 56.5. The molecule has 7 saturated heterocycles. The van der Waals surface area contributed by atoms with Crippen LogP contribution in [0.3, 0.4) is 0 Å². The third-order valence-electron chi connectivity index (χ3n) is 26.9. The molecule has 45 atom stereocenters. The average Bonchev–Trinajstić information content (AvgIpc) is 0.665. The molecule has 107 heavy (non-hydrogen) atoms. The van der Waals surface area contributed by atoms with E-state index in [2.05, 4.69) is 6.08 Å². The molecular formula is C70H114O37. The van der Waals surface area contributed by atoms with E-state index in [0.717, 1.165) is 5.57 Å². The van der Waals surface area contributed by atoms with Crippen molar-refractivity contribution >= 4 is 5.97 Å². The van der Waals surface area contributed by atoms with Crippen LogP contribution in [0.25, 0.3) is 0 Å². The van der Waals surface area contributed by atoms with Gasteiger partial charge in [0.15, 0.2) is 43.8 Å². The number of carbonyl (C=O) groups excluding carboxylic acids is 1. The van der Waals surface area contributed by atoms with Crippen LogP contribution in [0.2, 0.25) is 0 Å². The van der Waals surface area contributed by atoms with Crippen molar-refractivity contribution in [2.24, 2.45) is 50.2 Å². The van der Waals surface area contributed by atoms with Gasteiger partial charge in [-0.3, -0.25) is 4.79 Å². The fourth-order valence-electron chi connectivity index (χ4n) is 20.7. The Morgan fingerprint density at radius 1 is 0.439 bits per heavy atom. The minimum absolute atomic E-state index is 0.0393. The summed E-state index contributed by atoms with van der Waals surface area (Å²) in [5.41, 5.74) is -6.07. The van der Waals surface area contributed by atoms with Gasteiger partial charge in [-0.05, 0) is 99.2 Å². The molecule has 11 fully saturated rings. The van der Waals surface area contributed by atoms with E-state index in [-0.39, 0.29) is 25.7 Å². The summed E-state index contributed by atoms with van der Waals surface area (Å²) >= 11 is 0. The number of rotatable bonds is 17. The highest BCUT2D eigenvalue weighted by molar-refractivity contribution is 5.80. The Hall–Kier alpha value is -2.19. The molecule has 0 radical (unpaired) electrons. The van der Waals surface area contributed by atoms with Crippen molar-refractivity contribution in [1.82, 2.24) is 0 Å². The number of ether oxygens (including phenoxy) is 14. The molecule has 7 aliphatic heterocycles. The first-order valence-corrected chi connectivity index (χ1v) is 37.2. The van der Waals surface area contributed by atoms with Crippen LogP contribution in [-0.4, -0.2) is 378 Å². The topological polar surface area (TPSA) is 591 Å². The maximum atomic E-state index is 15.8. The zero-order valence-electron chi connectivity index (χ0n) is 61.1. The second kappa shape index (κ2) is 31.4. The average molecular weight is 1550 g/mol. The van der Waals surface area contributed by atoms with Crippen LogP contribution >= 0.6 is 0 Å². The molecular weight excluding hydrogens is 1430 g/mol. The summed E-state index contributed by atoms with van der Waals surface area (Å²) in [4.78, 5) is 15.8. The number of aliphatic hydroxyl groups excluding tert-OH is 22. The summed E-state index contributed by atoms with van der Waals surface area (Å²) in [6.07, 6.45) is -60.9. The van der Waals surface area contributed by atoms with Gasteiger partial charge in [-0.15, -0.1) is 0 Å². The molecule has 5 aliphatic carbocycles. The summed E-state index contributed by atoms with van der Waals surface area (Å²) in [6, 6.07) is 0. The van der Waals surface area contributed by atoms with Crippen LogP contribution in [0.4, 0.5) is 0 Å². The SMILES string of the molecule is CC1OC(OC2C(O)COC(OC3C(C)OC(OC4C(OC(=O)C56CCC(C)(C)CC5C5=CCC7C8(C)CC(O)C(OC9OC(CO)C(O)C(OC%10OC(CO)C(O)C(O)C%10O)C9O)C(C)(CO)C8C(O)CC7(C)C5(C)CC6O)OCC(O)C4O)C(O)C3OC3OC(C)C(O)C(O)C3O)C2O)C(O)C(O)C1O. The predicted molar refractivity (Wildman–Crippen MR) is 350 cm³/mol. The zero-order chi connectivity index (χ0) is 78.3. The van der Waals surface area contributed by atoms with E-state index in [9.17, 15) is 112 Å². The Labute approximate surface area is 616 Å². The van der Waals surface area contributed by atoms with Crippen molar-refractivity contribution in [2.75, 3.05) is 33.0 Å². The van der Waals surface area contributed by atoms with E-state index in [0.29, 0.717) is 19.3 Å². The fraction of sp³-hybridized carbons (Fsp3) is 0.957. The van der Waals surface area contributed by atoms with Crippen LogP contribution < -0.4 is 0 Å². The van der Waals surface area contributed by atoms with Crippen molar-refractivity contribution in [3.05, 3.63) is 11.6 Å². The Morgan fingerprint density at radius 2 is 0.925 bits per heavy atom. The number of fused-ring (bicyclic) bond motifs is 7. The third kappa shape index (κ3) is 14.4. The molecule has 0 aromatic carbocycles. The lowest BCUT2D eigenvalue weighted by atomic mass is 9.32. The second-order valence-corrected chi connectivity index (χ2v) is 34.0. The van der Waals surface area contributed by atoms with E-state index in [1.54, 1.807) is 6.92 Å². The van der Waals surface area contributed by atoms with Crippen LogP contribution in [0.15, 0.2) is 11.6 Å². The minimum atomic E-state index is -2.15. The van der Waals surface area contributed by atoms with Gasteiger partial charge in [0.2, 0.25) is 6.29 Å². The van der Waals surface area contributed by atoms with Gasteiger partial charge in [-0.1, -0.05) is 53.2 Å². The molecule has 0 bridgehead atoms. The lowest BCUT2D eigenvalue weighted by molar-refractivity contribution is -0.395. The molecule has 0 aromatic heterocycles. The van der Waals surface area contributed by atoms with Crippen LogP contribution in [0, 0.1) is 50.2 Å². The number of allylic oxidation sites excluding steroid dienone is 2. The van der Waals surface area contributed by atoms with Gasteiger partial charge in [0.05, 0.1) is 75.8 Å². The molecule has 0 amide bonds. The molecule has 12 rings (SSSR count). The van der Waals surface area contributed by atoms with Crippen molar-refractivity contribution in [2.45, 2.75) is 334 Å². The number of carbonyl (C=O) groups is 1. The number of esters is 1. The van der Waals surface area contributed by atoms with Crippen LogP contribution in [0.1, 0.15) is 107 Å². The van der Waals surface area contributed by atoms with Gasteiger partial charge in [0.25, 0.3) is 0 Å². The van der Waals surface area contributed by atoms with Gasteiger partial charge in [-0.25, -0.2) is 0 Å². The number of hydrogen-bond acceptors (Lipinski definition) is 37. The molecule has 0 spiro atoms. The molecule has 37 heteroatoms. The lowest BCUT2D eigenvalue weighted by Crippen LogP contribution is -2.73. The summed E-state index contributed by atoms with van der Waals surface area (Å²) in [5.74, 6) is -3.09. The Morgan fingerprint density at radius 3 is 1.52 bits per heavy atom. The molecule has 0 aromatic rings. The second-order valence-electron chi connectivity index (χ2n) is 34.0. The smallest absolute Gasteiger partial charge is 0.317 e. The maximum absolute atomic E-state index is 15.8. The fourth-order valence-corrected chi connectivity index (χ4v) is 20.7. The van der Waals surface area contributed by atoms with Gasteiger partial charge < -0.3 is 179 Å². The summed E-state index contributed by atoms with van der Waals surface area (Å²) in [7, 11) is 0. The Bertz CT molecular complexity index is 3070. The largest absolute Gasteiger partial charge is 0.432 e. The predicted octanol–water partition coefficient (Wildman–Crippen LogP) is -8.32. The van der Waals surface area contributed by atoms with Gasteiger partial charge in [0.1, 0.15) is 140 Å². The van der Waals surface area contributed by atoms with Gasteiger partial charge >= 0.3 is 5.97 Å². The van der Waals surface area contributed by atoms with Crippen molar-refractivity contribution in [3.63, 3.8) is 0 Å². The van der Waals surface area contributed by atoms with E-state index in [1.807, 2.05) is 34.6 Å². The minimum Gasteiger partial charge on any atom is -0.432 e.